The standard InChI is InChI=1S/C23H28N4O2/c1-16-15-17(2)27(25-16)20-12-10-19(11-13-20)24-22(28)21-9-5-6-14-26(21)23(29)18-7-3-4-8-18/h7,10-13,15,21H,3-6,8-9,14H2,1-2H3,(H,24,28)/t21-/m1/s1. The summed E-state index contributed by atoms with van der Waals surface area (Å²) in [6.45, 7) is 4.65. The minimum atomic E-state index is -0.395. The number of aryl methyl sites for hydroxylation is 2. The van der Waals surface area contributed by atoms with Gasteiger partial charge in [0.05, 0.1) is 11.4 Å². The third-order valence-corrected chi connectivity index (χ3v) is 5.77. The van der Waals surface area contributed by atoms with Gasteiger partial charge in [0.1, 0.15) is 6.04 Å². The zero-order valence-electron chi connectivity index (χ0n) is 17.1. The maximum atomic E-state index is 13.0. The highest BCUT2D eigenvalue weighted by Crippen LogP contribution is 2.26. The molecule has 2 aromatic rings. The van der Waals surface area contributed by atoms with Crippen molar-refractivity contribution in [3.05, 3.63) is 53.4 Å². The highest BCUT2D eigenvalue weighted by Gasteiger charge is 2.33. The number of piperidine rings is 1. The van der Waals surface area contributed by atoms with Gasteiger partial charge in [-0.05, 0) is 82.7 Å². The van der Waals surface area contributed by atoms with E-state index in [4.69, 9.17) is 0 Å². The molecule has 4 rings (SSSR count). The molecular weight excluding hydrogens is 364 g/mol. The summed E-state index contributed by atoms with van der Waals surface area (Å²) in [4.78, 5) is 27.6. The number of allylic oxidation sites excluding steroid dienone is 1. The molecule has 1 fully saturated rings. The van der Waals surface area contributed by atoms with Crippen LogP contribution in [0.25, 0.3) is 5.69 Å². The van der Waals surface area contributed by atoms with Gasteiger partial charge in [-0.3, -0.25) is 9.59 Å². The second-order valence-electron chi connectivity index (χ2n) is 8.01. The first kappa shape index (κ1) is 19.4. The number of amides is 2. The van der Waals surface area contributed by atoms with Crippen molar-refractivity contribution >= 4 is 17.5 Å². The Hall–Kier alpha value is -2.89. The average Bonchev–Trinajstić information content (AvgIpc) is 3.37. The van der Waals surface area contributed by atoms with Crippen LogP contribution in [0.1, 0.15) is 49.9 Å². The van der Waals surface area contributed by atoms with Crippen molar-refractivity contribution in [2.24, 2.45) is 0 Å². The molecule has 1 aromatic carbocycles. The maximum absolute atomic E-state index is 13.0. The van der Waals surface area contributed by atoms with Crippen molar-refractivity contribution in [2.45, 2.75) is 58.4 Å². The summed E-state index contributed by atoms with van der Waals surface area (Å²) in [5.41, 5.74) is 4.60. The Morgan fingerprint density at radius 2 is 1.90 bits per heavy atom. The summed E-state index contributed by atoms with van der Waals surface area (Å²) in [7, 11) is 0. The third kappa shape index (κ3) is 4.11. The number of anilines is 1. The number of carbonyl (C=O) groups excluding carboxylic acids is 2. The van der Waals surface area contributed by atoms with Crippen LogP contribution >= 0.6 is 0 Å². The fourth-order valence-electron chi connectivity index (χ4n) is 4.30. The van der Waals surface area contributed by atoms with E-state index in [0.717, 1.165) is 60.4 Å². The average molecular weight is 393 g/mol. The number of nitrogens with one attached hydrogen (secondary N) is 1. The molecular formula is C23H28N4O2. The topological polar surface area (TPSA) is 67.2 Å². The first-order valence-electron chi connectivity index (χ1n) is 10.5. The molecule has 1 aromatic heterocycles. The highest BCUT2D eigenvalue weighted by atomic mass is 16.2. The largest absolute Gasteiger partial charge is 0.327 e. The van der Waals surface area contributed by atoms with Crippen LogP contribution in [0, 0.1) is 13.8 Å². The van der Waals surface area contributed by atoms with Crippen LogP contribution in [0.3, 0.4) is 0 Å². The molecule has 152 valence electrons. The normalized spacial score (nSPS) is 19.2. The van der Waals surface area contributed by atoms with Gasteiger partial charge in [-0.25, -0.2) is 4.68 Å². The number of rotatable bonds is 4. The van der Waals surface area contributed by atoms with Crippen LogP contribution < -0.4 is 5.32 Å². The van der Waals surface area contributed by atoms with Gasteiger partial charge in [0.2, 0.25) is 11.8 Å². The number of carbonyl (C=O) groups is 2. The van der Waals surface area contributed by atoms with Crippen LogP contribution in [0.2, 0.25) is 0 Å². The predicted molar refractivity (Wildman–Crippen MR) is 113 cm³/mol. The van der Waals surface area contributed by atoms with Crippen molar-refractivity contribution in [2.75, 3.05) is 11.9 Å². The number of likely N-dealkylation sites (tertiary alicyclic amines) is 1. The lowest BCUT2D eigenvalue weighted by Gasteiger charge is -2.35. The van der Waals surface area contributed by atoms with Gasteiger partial charge in [0.15, 0.2) is 0 Å². The molecule has 2 heterocycles. The summed E-state index contributed by atoms with van der Waals surface area (Å²) in [6, 6.07) is 9.30. The molecule has 2 amide bonds. The molecule has 0 unspecified atom stereocenters. The zero-order chi connectivity index (χ0) is 20.4. The van der Waals surface area contributed by atoms with Crippen molar-refractivity contribution < 1.29 is 9.59 Å². The van der Waals surface area contributed by atoms with Gasteiger partial charge >= 0.3 is 0 Å². The Morgan fingerprint density at radius 3 is 2.55 bits per heavy atom. The summed E-state index contributed by atoms with van der Waals surface area (Å²) in [6.07, 6.45) is 7.51. The number of aromatic nitrogens is 2. The SMILES string of the molecule is Cc1cc(C)n(-c2ccc(NC(=O)[C@H]3CCCCN3C(=O)C3=CCCC3)cc2)n1. The molecule has 0 spiro atoms. The molecule has 6 nitrogen and oxygen atoms in total. The van der Waals surface area contributed by atoms with E-state index in [-0.39, 0.29) is 11.8 Å². The van der Waals surface area contributed by atoms with Crippen molar-refractivity contribution in [1.29, 1.82) is 0 Å². The second-order valence-corrected chi connectivity index (χ2v) is 8.01. The third-order valence-electron chi connectivity index (χ3n) is 5.77. The number of hydrogen-bond donors (Lipinski definition) is 1. The number of hydrogen-bond acceptors (Lipinski definition) is 3. The Bertz CT molecular complexity index is 942. The monoisotopic (exact) mass is 392 g/mol. The van der Waals surface area contributed by atoms with Gasteiger partial charge in [0, 0.05) is 23.5 Å². The predicted octanol–water partition coefficient (Wildman–Crippen LogP) is 3.92. The van der Waals surface area contributed by atoms with Crippen LogP contribution in [0.4, 0.5) is 5.69 Å². The Balaban J connectivity index is 1.46. The number of benzene rings is 1. The van der Waals surface area contributed by atoms with E-state index in [0.29, 0.717) is 13.0 Å². The molecule has 0 bridgehead atoms. The molecule has 1 aliphatic heterocycles. The van der Waals surface area contributed by atoms with Crippen LogP contribution in [-0.4, -0.2) is 39.1 Å². The van der Waals surface area contributed by atoms with E-state index in [1.807, 2.05) is 54.9 Å². The quantitative estimate of drug-likeness (QED) is 0.858. The summed E-state index contributed by atoms with van der Waals surface area (Å²) < 4.78 is 1.89. The zero-order valence-corrected chi connectivity index (χ0v) is 17.1. The van der Waals surface area contributed by atoms with E-state index >= 15 is 0 Å². The minimum absolute atomic E-state index is 0.0437. The summed E-state index contributed by atoms with van der Waals surface area (Å²) in [5.74, 6) is -0.0577. The fraction of sp³-hybridized carbons (Fsp3) is 0.435. The molecule has 1 saturated heterocycles. The first-order valence-corrected chi connectivity index (χ1v) is 10.5. The second kappa shape index (κ2) is 8.23. The maximum Gasteiger partial charge on any atom is 0.250 e. The first-order chi connectivity index (χ1) is 14.0. The fourth-order valence-corrected chi connectivity index (χ4v) is 4.30. The molecule has 6 heteroatoms. The van der Waals surface area contributed by atoms with Crippen molar-refractivity contribution in [3.8, 4) is 5.69 Å². The van der Waals surface area contributed by atoms with Crippen molar-refractivity contribution in [3.63, 3.8) is 0 Å². The van der Waals surface area contributed by atoms with Crippen molar-refractivity contribution in [1.82, 2.24) is 14.7 Å². The number of nitrogens with zero attached hydrogens (tertiary/aromatic N) is 3. The molecule has 0 radical (unpaired) electrons. The van der Waals surface area contributed by atoms with Gasteiger partial charge in [0.25, 0.3) is 0 Å². The van der Waals surface area contributed by atoms with E-state index in [9.17, 15) is 9.59 Å². The smallest absolute Gasteiger partial charge is 0.250 e. The van der Waals surface area contributed by atoms with Crippen LogP contribution in [0.15, 0.2) is 42.0 Å². The Labute approximate surface area is 171 Å². The van der Waals surface area contributed by atoms with Gasteiger partial charge < -0.3 is 10.2 Å². The summed E-state index contributed by atoms with van der Waals surface area (Å²) >= 11 is 0. The lowest BCUT2D eigenvalue weighted by Crippen LogP contribution is -2.50. The van der Waals surface area contributed by atoms with Gasteiger partial charge in [-0.2, -0.15) is 5.10 Å². The Morgan fingerprint density at radius 1 is 1.10 bits per heavy atom. The minimum Gasteiger partial charge on any atom is -0.327 e. The molecule has 0 saturated carbocycles. The van der Waals surface area contributed by atoms with E-state index in [2.05, 4.69) is 10.4 Å². The van der Waals surface area contributed by atoms with E-state index in [1.54, 1.807) is 4.90 Å². The van der Waals surface area contributed by atoms with Crippen LogP contribution in [0.5, 0.6) is 0 Å². The Kier molecular flexibility index (Phi) is 5.51. The van der Waals surface area contributed by atoms with E-state index in [1.165, 1.54) is 0 Å². The lowest BCUT2D eigenvalue weighted by molar-refractivity contribution is -0.137. The molecule has 1 atom stereocenters. The molecule has 2 aliphatic rings. The van der Waals surface area contributed by atoms with Gasteiger partial charge in [-0.15, -0.1) is 0 Å². The molecule has 1 aliphatic carbocycles. The van der Waals surface area contributed by atoms with Gasteiger partial charge in [-0.1, -0.05) is 6.08 Å². The molecule has 29 heavy (non-hydrogen) atoms. The lowest BCUT2D eigenvalue weighted by atomic mass is 9.99. The molecule has 1 N–H and O–H groups in total. The summed E-state index contributed by atoms with van der Waals surface area (Å²) in [5, 5.41) is 7.50. The highest BCUT2D eigenvalue weighted by molar-refractivity contribution is 6.01. The van der Waals surface area contributed by atoms with Crippen LogP contribution in [-0.2, 0) is 9.59 Å². The van der Waals surface area contributed by atoms with E-state index < -0.39 is 6.04 Å².